The first-order chi connectivity index (χ1) is 8.15. The van der Waals surface area contributed by atoms with Crippen LogP contribution in [0.3, 0.4) is 0 Å². The van der Waals surface area contributed by atoms with E-state index in [-0.39, 0.29) is 6.10 Å². The molecule has 0 aliphatic carbocycles. The zero-order valence-corrected chi connectivity index (χ0v) is 11.5. The van der Waals surface area contributed by atoms with Crippen molar-refractivity contribution in [1.29, 1.82) is 0 Å². The third-order valence-corrected chi connectivity index (χ3v) is 3.54. The smallest absolute Gasteiger partial charge is 0.276 e. The molecule has 6 heteroatoms. The normalized spacial score (nSPS) is 12.6. The number of rotatable bonds is 4. The van der Waals surface area contributed by atoms with Crippen LogP contribution in [0.2, 0.25) is 0 Å². The molecule has 0 fully saturated rings. The second-order valence-corrected chi connectivity index (χ2v) is 5.43. The molecular weight excluding hydrogens is 304 g/mol. The number of aliphatic hydroxyl groups is 1. The summed E-state index contributed by atoms with van der Waals surface area (Å²) < 4.78 is 6.48. The summed E-state index contributed by atoms with van der Waals surface area (Å²) in [4.78, 5) is 0. The minimum Gasteiger partial charge on any atom is -0.411 e. The van der Waals surface area contributed by atoms with Crippen LogP contribution in [0.1, 0.15) is 6.92 Å². The van der Waals surface area contributed by atoms with Gasteiger partial charge in [0.15, 0.2) is 0 Å². The molecule has 1 N–H and O–H groups in total. The van der Waals surface area contributed by atoms with Crippen molar-refractivity contribution >= 4 is 27.7 Å². The third kappa shape index (κ3) is 3.55. The van der Waals surface area contributed by atoms with Crippen LogP contribution in [0.25, 0.3) is 11.5 Å². The lowest BCUT2D eigenvalue weighted by Gasteiger charge is -1.98. The van der Waals surface area contributed by atoms with Gasteiger partial charge in [-0.2, -0.15) is 0 Å². The Hall–Kier alpha value is -0.850. The predicted molar refractivity (Wildman–Crippen MR) is 69.8 cm³/mol. The van der Waals surface area contributed by atoms with Crippen LogP contribution in [0.5, 0.6) is 0 Å². The lowest BCUT2D eigenvalue weighted by atomic mass is 10.2. The molecule has 0 amide bonds. The van der Waals surface area contributed by atoms with Crippen molar-refractivity contribution in [3.05, 3.63) is 28.7 Å². The van der Waals surface area contributed by atoms with E-state index in [1.165, 1.54) is 11.8 Å². The Morgan fingerprint density at radius 3 is 2.71 bits per heavy atom. The Labute approximate surface area is 112 Å². The molecule has 2 aromatic rings. The fourth-order valence-electron chi connectivity index (χ4n) is 1.17. The summed E-state index contributed by atoms with van der Waals surface area (Å²) in [5.41, 5.74) is 0.879. The van der Waals surface area contributed by atoms with E-state index in [0.29, 0.717) is 16.9 Å². The highest BCUT2D eigenvalue weighted by Gasteiger charge is 2.09. The fourth-order valence-corrected chi connectivity index (χ4v) is 2.05. The van der Waals surface area contributed by atoms with E-state index < -0.39 is 0 Å². The average molecular weight is 315 g/mol. The minimum absolute atomic E-state index is 0.386. The molecule has 0 aliphatic rings. The fraction of sp³-hybridized carbons (Fsp3) is 0.273. The zero-order valence-electron chi connectivity index (χ0n) is 9.13. The zero-order chi connectivity index (χ0) is 12.3. The van der Waals surface area contributed by atoms with Gasteiger partial charge >= 0.3 is 0 Å². The van der Waals surface area contributed by atoms with Crippen molar-refractivity contribution in [2.45, 2.75) is 18.3 Å². The number of hydrogen-bond acceptors (Lipinski definition) is 5. The number of benzene rings is 1. The van der Waals surface area contributed by atoms with E-state index >= 15 is 0 Å². The van der Waals surface area contributed by atoms with Gasteiger partial charge in [-0.15, -0.1) is 10.2 Å². The summed E-state index contributed by atoms with van der Waals surface area (Å²) in [7, 11) is 0. The maximum atomic E-state index is 9.15. The summed E-state index contributed by atoms with van der Waals surface area (Å²) in [6.45, 7) is 1.72. The topological polar surface area (TPSA) is 59.2 Å². The van der Waals surface area contributed by atoms with Gasteiger partial charge in [-0.1, -0.05) is 27.7 Å². The van der Waals surface area contributed by atoms with Crippen molar-refractivity contribution in [2.24, 2.45) is 0 Å². The van der Waals surface area contributed by atoms with E-state index in [1.54, 1.807) is 6.92 Å². The van der Waals surface area contributed by atoms with Gasteiger partial charge in [-0.25, -0.2) is 0 Å². The number of thioether (sulfide) groups is 1. The van der Waals surface area contributed by atoms with Crippen LogP contribution in [-0.2, 0) is 0 Å². The number of aromatic nitrogens is 2. The van der Waals surface area contributed by atoms with E-state index in [2.05, 4.69) is 26.1 Å². The van der Waals surface area contributed by atoms with Gasteiger partial charge in [0.05, 0.1) is 6.10 Å². The highest BCUT2D eigenvalue weighted by Crippen LogP contribution is 2.24. The lowest BCUT2D eigenvalue weighted by Crippen LogP contribution is -2.02. The first kappa shape index (κ1) is 12.6. The maximum Gasteiger partial charge on any atom is 0.276 e. The molecular formula is C11H11BrN2O2S. The van der Waals surface area contributed by atoms with Crippen LogP contribution in [0, 0.1) is 0 Å². The second kappa shape index (κ2) is 5.66. The van der Waals surface area contributed by atoms with E-state index in [1.807, 2.05) is 24.3 Å². The summed E-state index contributed by atoms with van der Waals surface area (Å²) in [5, 5.41) is 17.5. The molecule has 4 nitrogen and oxygen atoms in total. The molecule has 17 heavy (non-hydrogen) atoms. The van der Waals surface area contributed by atoms with Crippen molar-refractivity contribution in [3.63, 3.8) is 0 Å². The molecule has 2 rings (SSSR count). The standard InChI is InChI=1S/C11H11BrN2O2S/c1-7(15)6-17-11-14-13-10(16-11)8-2-4-9(12)5-3-8/h2-5,7,15H,6H2,1H3/t7-/m0/s1. The molecule has 0 aliphatic heterocycles. The summed E-state index contributed by atoms with van der Waals surface area (Å²) in [6, 6.07) is 7.64. The molecule has 1 heterocycles. The van der Waals surface area contributed by atoms with Gasteiger partial charge < -0.3 is 9.52 Å². The van der Waals surface area contributed by atoms with Gasteiger partial charge in [0.25, 0.3) is 5.22 Å². The van der Waals surface area contributed by atoms with E-state index in [9.17, 15) is 0 Å². The number of halogens is 1. The van der Waals surface area contributed by atoms with Crippen molar-refractivity contribution in [1.82, 2.24) is 10.2 Å². The van der Waals surface area contributed by atoms with Crippen molar-refractivity contribution in [3.8, 4) is 11.5 Å². The van der Waals surface area contributed by atoms with E-state index in [0.717, 1.165) is 10.0 Å². The average Bonchev–Trinajstić information content (AvgIpc) is 2.76. The predicted octanol–water partition coefficient (Wildman–Crippen LogP) is 2.97. The highest BCUT2D eigenvalue weighted by atomic mass is 79.9. The third-order valence-electron chi connectivity index (χ3n) is 1.95. The molecule has 0 saturated carbocycles. The van der Waals surface area contributed by atoms with Gasteiger partial charge in [-0.3, -0.25) is 0 Å². The Bertz CT molecular complexity index is 484. The maximum absolute atomic E-state index is 9.15. The monoisotopic (exact) mass is 314 g/mol. The summed E-state index contributed by atoms with van der Waals surface area (Å²) >= 11 is 4.71. The Morgan fingerprint density at radius 2 is 2.06 bits per heavy atom. The Balaban J connectivity index is 2.10. The number of hydrogen-bond donors (Lipinski definition) is 1. The van der Waals surface area contributed by atoms with Gasteiger partial charge in [-0.05, 0) is 31.2 Å². The highest BCUT2D eigenvalue weighted by molar-refractivity contribution is 9.10. The summed E-state index contributed by atoms with van der Waals surface area (Å²) in [6.07, 6.45) is -0.386. The first-order valence-electron chi connectivity index (χ1n) is 5.05. The number of aliphatic hydroxyl groups excluding tert-OH is 1. The lowest BCUT2D eigenvalue weighted by molar-refractivity contribution is 0.220. The molecule has 1 aromatic carbocycles. The van der Waals surface area contributed by atoms with Crippen LogP contribution in [-0.4, -0.2) is 27.2 Å². The Kier molecular flexibility index (Phi) is 4.20. The van der Waals surface area contributed by atoms with Crippen LogP contribution < -0.4 is 0 Å². The largest absolute Gasteiger partial charge is 0.411 e. The Morgan fingerprint density at radius 1 is 1.35 bits per heavy atom. The van der Waals surface area contributed by atoms with Crippen molar-refractivity contribution < 1.29 is 9.52 Å². The van der Waals surface area contributed by atoms with Gasteiger partial charge in [0, 0.05) is 15.8 Å². The van der Waals surface area contributed by atoms with Crippen molar-refractivity contribution in [2.75, 3.05) is 5.75 Å². The first-order valence-corrected chi connectivity index (χ1v) is 6.83. The SMILES string of the molecule is C[C@H](O)CSc1nnc(-c2ccc(Br)cc2)o1. The molecule has 0 spiro atoms. The van der Waals surface area contributed by atoms with Crippen LogP contribution >= 0.6 is 27.7 Å². The second-order valence-electron chi connectivity index (χ2n) is 3.54. The molecule has 0 radical (unpaired) electrons. The van der Waals surface area contributed by atoms with E-state index in [4.69, 9.17) is 9.52 Å². The molecule has 0 unspecified atom stereocenters. The molecule has 0 saturated heterocycles. The minimum atomic E-state index is -0.386. The molecule has 1 atom stereocenters. The number of nitrogens with zero attached hydrogens (tertiary/aromatic N) is 2. The molecule has 0 bridgehead atoms. The quantitative estimate of drug-likeness (QED) is 0.879. The van der Waals surface area contributed by atoms with Gasteiger partial charge in [0.1, 0.15) is 0 Å². The molecule has 90 valence electrons. The van der Waals surface area contributed by atoms with Gasteiger partial charge in [0.2, 0.25) is 5.89 Å². The van der Waals surface area contributed by atoms with Crippen LogP contribution in [0.15, 0.2) is 38.4 Å². The van der Waals surface area contributed by atoms with Crippen LogP contribution in [0.4, 0.5) is 0 Å². The molecule has 1 aromatic heterocycles. The summed E-state index contributed by atoms with van der Waals surface area (Å²) in [5.74, 6) is 1.03.